The van der Waals surface area contributed by atoms with Crippen LogP contribution in [0.25, 0.3) is 10.8 Å². The fraction of sp³-hybridized carbons (Fsp3) is 0. The smallest absolute Gasteiger partial charge is 0.335 e. The van der Waals surface area contributed by atoms with Gasteiger partial charge in [0.15, 0.2) is 5.82 Å². The Morgan fingerprint density at radius 2 is 1.95 bits per heavy atom. The Morgan fingerprint density at radius 1 is 1.10 bits per heavy atom. The molecule has 0 aliphatic heterocycles. The van der Waals surface area contributed by atoms with Gasteiger partial charge in [-0.1, -0.05) is 30.3 Å². The summed E-state index contributed by atoms with van der Waals surface area (Å²) in [6, 6.07) is 14.3. The van der Waals surface area contributed by atoms with Gasteiger partial charge in [0.25, 0.3) is 0 Å². The minimum absolute atomic E-state index is 0.225. The van der Waals surface area contributed by atoms with E-state index < -0.39 is 5.97 Å². The second-order valence-corrected chi connectivity index (χ2v) is 4.29. The zero-order valence-electron chi connectivity index (χ0n) is 10.4. The molecule has 5 nitrogen and oxygen atoms in total. The van der Waals surface area contributed by atoms with E-state index in [2.05, 4.69) is 15.5 Å². The Hall–Kier alpha value is -2.95. The summed E-state index contributed by atoms with van der Waals surface area (Å²) in [4.78, 5) is 11.0. The fourth-order valence-corrected chi connectivity index (χ4v) is 1.99. The summed E-state index contributed by atoms with van der Waals surface area (Å²) in [5.41, 5.74) is 0.888. The van der Waals surface area contributed by atoms with Crippen LogP contribution in [-0.2, 0) is 0 Å². The van der Waals surface area contributed by atoms with E-state index in [1.165, 1.54) is 0 Å². The molecular weight excluding hydrogens is 254 g/mol. The number of carboxylic acid groups (broad SMARTS) is 1. The number of hydrogen-bond donors (Lipinski definition) is 2. The molecule has 0 saturated carbocycles. The highest BCUT2D eigenvalue weighted by molar-refractivity contribution is 5.93. The number of nitrogens with one attached hydrogen (secondary N) is 1. The van der Waals surface area contributed by atoms with Crippen molar-refractivity contribution in [2.24, 2.45) is 0 Å². The highest BCUT2D eigenvalue weighted by Crippen LogP contribution is 2.23. The molecule has 20 heavy (non-hydrogen) atoms. The number of aromatic nitrogens is 2. The zero-order chi connectivity index (χ0) is 13.9. The molecule has 0 aliphatic carbocycles. The summed E-state index contributed by atoms with van der Waals surface area (Å²) >= 11 is 0. The van der Waals surface area contributed by atoms with Gasteiger partial charge in [0.1, 0.15) is 0 Å². The lowest BCUT2D eigenvalue weighted by atomic mass is 10.1. The van der Waals surface area contributed by atoms with E-state index in [-0.39, 0.29) is 5.56 Å². The molecule has 1 aromatic heterocycles. The minimum Gasteiger partial charge on any atom is -0.478 e. The molecule has 0 radical (unpaired) electrons. The highest BCUT2D eigenvalue weighted by atomic mass is 16.4. The van der Waals surface area contributed by atoms with Crippen LogP contribution >= 0.6 is 0 Å². The van der Waals surface area contributed by atoms with E-state index in [4.69, 9.17) is 5.11 Å². The molecule has 5 heteroatoms. The van der Waals surface area contributed by atoms with Crippen molar-refractivity contribution in [3.8, 4) is 0 Å². The SMILES string of the molecule is O=C(O)c1cccc(Nc2nncc3ccccc23)c1. The van der Waals surface area contributed by atoms with Crippen molar-refractivity contribution < 1.29 is 9.90 Å². The molecule has 3 rings (SSSR count). The van der Waals surface area contributed by atoms with Crippen LogP contribution in [0, 0.1) is 0 Å². The predicted molar refractivity (Wildman–Crippen MR) is 76.2 cm³/mol. The van der Waals surface area contributed by atoms with E-state index in [0.717, 1.165) is 10.8 Å². The highest BCUT2D eigenvalue weighted by Gasteiger charge is 2.06. The Balaban J connectivity index is 2.01. The number of nitrogens with zero attached hydrogens (tertiary/aromatic N) is 2. The van der Waals surface area contributed by atoms with Crippen LogP contribution in [0.15, 0.2) is 54.7 Å². The Kier molecular flexibility index (Phi) is 3.01. The summed E-state index contributed by atoms with van der Waals surface area (Å²) in [7, 11) is 0. The summed E-state index contributed by atoms with van der Waals surface area (Å²) in [6.07, 6.45) is 1.69. The quantitative estimate of drug-likeness (QED) is 0.761. The van der Waals surface area contributed by atoms with E-state index in [1.54, 1.807) is 30.5 Å². The van der Waals surface area contributed by atoms with Gasteiger partial charge in [-0.3, -0.25) is 0 Å². The monoisotopic (exact) mass is 265 g/mol. The average molecular weight is 265 g/mol. The summed E-state index contributed by atoms with van der Waals surface area (Å²) in [6.45, 7) is 0. The first-order valence-corrected chi connectivity index (χ1v) is 6.05. The van der Waals surface area contributed by atoms with E-state index in [1.807, 2.05) is 24.3 Å². The number of hydrogen-bond acceptors (Lipinski definition) is 4. The summed E-state index contributed by atoms with van der Waals surface area (Å²) in [5, 5.41) is 22.0. The van der Waals surface area contributed by atoms with E-state index in [0.29, 0.717) is 11.5 Å². The van der Waals surface area contributed by atoms with Crippen molar-refractivity contribution in [2.45, 2.75) is 0 Å². The first-order chi connectivity index (χ1) is 9.74. The molecule has 2 aromatic carbocycles. The third-order valence-corrected chi connectivity index (χ3v) is 2.94. The topological polar surface area (TPSA) is 75.1 Å². The number of aromatic carboxylic acids is 1. The molecule has 0 amide bonds. The van der Waals surface area contributed by atoms with Crippen molar-refractivity contribution in [1.82, 2.24) is 10.2 Å². The first kappa shape index (κ1) is 12.1. The summed E-state index contributed by atoms with van der Waals surface area (Å²) < 4.78 is 0. The maximum Gasteiger partial charge on any atom is 0.335 e. The van der Waals surface area contributed by atoms with Crippen LogP contribution in [0.5, 0.6) is 0 Å². The standard InChI is InChI=1S/C15H11N3O2/c19-15(20)10-5-3-6-12(8-10)17-14-13-7-2-1-4-11(13)9-16-18-14/h1-9H,(H,17,18)(H,19,20). The number of carbonyl (C=O) groups is 1. The van der Waals surface area contributed by atoms with Crippen LogP contribution in [0.1, 0.15) is 10.4 Å². The molecular formula is C15H11N3O2. The number of benzene rings is 2. The van der Waals surface area contributed by atoms with Gasteiger partial charge in [0.05, 0.1) is 11.8 Å². The number of carboxylic acids is 1. The molecule has 98 valence electrons. The largest absolute Gasteiger partial charge is 0.478 e. The maximum atomic E-state index is 11.0. The lowest BCUT2D eigenvalue weighted by molar-refractivity contribution is 0.0697. The van der Waals surface area contributed by atoms with Crippen LogP contribution in [-0.4, -0.2) is 21.3 Å². The van der Waals surface area contributed by atoms with Crippen LogP contribution in [0.4, 0.5) is 11.5 Å². The molecule has 1 heterocycles. The Morgan fingerprint density at radius 3 is 2.80 bits per heavy atom. The molecule has 0 fully saturated rings. The Bertz CT molecular complexity index is 781. The van der Waals surface area contributed by atoms with Gasteiger partial charge in [-0.25, -0.2) is 4.79 Å². The lowest BCUT2D eigenvalue weighted by Gasteiger charge is -2.08. The normalized spacial score (nSPS) is 10.4. The first-order valence-electron chi connectivity index (χ1n) is 6.05. The molecule has 0 aliphatic rings. The maximum absolute atomic E-state index is 11.0. The van der Waals surface area contributed by atoms with Crippen molar-refractivity contribution >= 4 is 28.2 Å². The second-order valence-electron chi connectivity index (χ2n) is 4.29. The van der Waals surface area contributed by atoms with Crippen LogP contribution in [0.2, 0.25) is 0 Å². The molecule has 2 N–H and O–H groups in total. The summed E-state index contributed by atoms with van der Waals surface area (Å²) in [5.74, 6) is -0.358. The third kappa shape index (κ3) is 2.29. The fourth-order valence-electron chi connectivity index (χ4n) is 1.99. The second kappa shape index (κ2) is 4.97. The van der Waals surface area contributed by atoms with Crippen molar-refractivity contribution in [3.63, 3.8) is 0 Å². The van der Waals surface area contributed by atoms with Gasteiger partial charge in [-0.05, 0) is 18.2 Å². The van der Waals surface area contributed by atoms with E-state index >= 15 is 0 Å². The van der Waals surface area contributed by atoms with Crippen molar-refractivity contribution in [2.75, 3.05) is 5.32 Å². The van der Waals surface area contributed by atoms with Crippen LogP contribution in [0.3, 0.4) is 0 Å². The molecule has 0 saturated heterocycles. The molecule has 3 aromatic rings. The van der Waals surface area contributed by atoms with Crippen molar-refractivity contribution in [1.29, 1.82) is 0 Å². The molecule has 0 atom stereocenters. The minimum atomic E-state index is -0.961. The van der Waals surface area contributed by atoms with Crippen molar-refractivity contribution in [3.05, 3.63) is 60.3 Å². The third-order valence-electron chi connectivity index (χ3n) is 2.94. The number of rotatable bonds is 3. The number of fused-ring (bicyclic) bond motifs is 1. The van der Waals surface area contributed by atoms with Gasteiger partial charge in [-0.2, -0.15) is 5.10 Å². The van der Waals surface area contributed by atoms with Gasteiger partial charge >= 0.3 is 5.97 Å². The number of anilines is 2. The molecule has 0 unspecified atom stereocenters. The van der Waals surface area contributed by atoms with Gasteiger partial charge in [0, 0.05) is 16.5 Å². The van der Waals surface area contributed by atoms with Gasteiger partial charge < -0.3 is 10.4 Å². The van der Waals surface area contributed by atoms with Gasteiger partial charge in [-0.15, -0.1) is 5.10 Å². The average Bonchev–Trinajstić information content (AvgIpc) is 2.48. The van der Waals surface area contributed by atoms with Gasteiger partial charge in [0.2, 0.25) is 0 Å². The predicted octanol–water partition coefficient (Wildman–Crippen LogP) is 3.07. The zero-order valence-corrected chi connectivity index (χ0v) is 10.4. The van der Waals surface area contributed by atoms with E-state index in [9.17, 15) is 4.79 Å². The van der Waals surface area contributed by atoms with Crippen LogP contribution < -0.4 is 5.32 Å². The molecule has 0 bridgehead atoms. The lowest BCUT2D eigenvalue weighted by Crippen LogP contribution is -2.00. The molecule has 0 spiro atoms. The Labute approximate surface area is 114 Å².